The average Bonchev–Trinajstić information content (AvgIpc) is 1.89. The number of benzene rings is 1. The predicted molar refractivity (Wildman–Crippen MR) is 40.5 cm³/mol. The molecule has 9 heavy (non-hydrogen) atoms. The molecule has 1 unspecified atom stereocenters. The molecule has 2 heteroatoms. The number of hydrogen-bond acceptors (Lipinski definition) is 1. The first-order valence-corrected chi connectivity index (χ1v) is 3.17. The van der Waals surface area contributed by atoms with Crippen LogP contribution in [0.1, 0.15) is 5.56 Å². The molecular weight excluding hydrogens is 129 g/mol. The van der Waals surface area contributed by atoms with E-state index in [2.05, 4.69) is 15.3 Å². The van der Waals surface area contributed by atoms with E-state index in [9.17, 15) is 0 Å². The molecule has 0 heterocycles. The van der Waals surface area contributed by atoms with Gasteiger partial charge >= 0.3 is 0 Å². The van der Waals surface area contributed by atoms with Gasteiger partial charge < -0.3 is 0 Å². The Hall–Kier alpha value is -0.860. The van der Waals surface area contributed by atoms with Gasteiger partial charge in [0, 0.05) is 0 Å². The predicted octanol–water partition coefficient (Wildman–Crippen LogP) is 1.06. The molecule has 0 aromatic heterocycles. The van der Waals surface area contributed by atoms with Gasteiger partial charge in [-0.1, -0.05) is 18.2 Å². The van der Waals surface area contributed by atoms with E-state index in [1.165, 1.54) is 0 Å². The Labute approximate surface area is 56.5 Å². The van der Waals surface area contributed by atoms with Crippen molar-refractivity contribution < 1.29 is 0 Å². The van der Waals surface area contributed by atoms with Crippen molar-refractivity contribution in [2.45, 2.75) is 0 Å². The maximum absolute atomic E-state index is 8.46. The van der Waals surface area contributed by atoms with Crippen LogP contribution >= 0.6 is 9.24 Å². The number of rotatable bonds is 0. The minimum absolute atomic E-state index is 0.725. The number of hydrogen-bond donors (Lipinski definition) is 0. The highest BCUT2D eigenvalue weighted by atomic mass is 31.0. The third kappa shape index (κ3) is 1.28. The van der Waals surface area contributed by atoms with E-state index in [1.54, 1.807) is 6.07 Å². The normalized spacial score (nSPS) is 8.44. The summed E-state index contributed by atoms with van der Waals surface area (Å²) in [5, 5.41) is 9.41. The molecule has 0 N–H and O–H groups in total. The van der Waals surface area contributed by atoms with Crippen molar-refractivity contribution in [2.75, 3.05) is 0 Å². The summed E-state index contributed by atoms with van der Waals surface area (Å²) in [5.74, 6) is 0. The molecule has 1 aromatic rings. The first-order chi connectivity index (χ1) is 4.34. The lowest BCUT2D eigenvalue weighted by atomic mass is 10.2. The molecule has 1 nitrogen and oxygen atoms in total. The van der Waals surface area contributed by atoms with Crippen LogP contribution in [-0.2, 0) is 0 Å². The van der Waals surface area contributed by atoms with Crippen LogP contribution in [0.4, 0.5) is 0 Å². The van der Waals surface area contributed by atoms with Gasteiger partial charge in [-0.2, -0.15) is 5.26 Å². The summed E-state index contributed by atoms with van der Waals surface area (Å²) in [4.78, 5) is 0. The summed E-state index contributed by atoms with van der Waals surface area (Å²) in [6, 6.07) is 9.52. The molecule has 1 rings (SSSR count). The van der Waals surface area contributed by atoms with Crippen molar-refractivity contribution in [2.24, 2.45) is 0 Å². The van der Waals surface area contributed by atoms with Crippen LogP contribution in [0.15, 0.2) is 24.3 Å². The van der Waals surface area contributed by atoms with E-state index in [4.69, 9.17) is 5.26 Å². The Balaban J connectivity index is 3.20. The molecule has 0 aliphatic rings. The summed E-state index contributed by atoms with van der Waals surface area (Å²) in [6.07, 6.45) is 0. The van der Waals surface area contributed by atoms with Crippen molar-refractivity contribution in [3.63, 3.8) is 0 Å². The zero-order chi connectivity index (χ0) is 6.69. The van der Waals surface area contributed by atoms with E-state index in [0.717, 1.165) is 10.9 Å². The van der Waals surface area contributed by atoms with Gasteiger partial charge in [-0.3, -0.25) is 0 Å². The second-order valence-corrected chi connectivity index (χ2v) is 2.32. The molecule has 0 amide bonds. The fourth-order valence-corrected chi connectivity index (χ4v) is 0.871. The van der Waals surface area contributed by atoms with E-state index in [0.29, 0.717) is 0 Å². The second kappa shape index (κ2) is 2.62. The summed E-state index contributed by atoms with van der Waals surface area (Å²) in [6.45, 7) is 0. The molecule has 0 aliphatic heterocycles. The smallest absolute Gasteiger partial charge is 0.0998 e. The van der Waals surface area contributed by atoms with Crippen LogP contribution in [0, 0.1) is 11.3 Å². The molecule has 0 bridgehead atoms. The largest absolute Gasteiger partial charge is 0.192 e. The Morgan fingerprint density at radius 1 is 1.33 bits per heavy atom. The lowest BCUT2D eigenvalue weighted by Crippen LogP contribution is -1.94. The number of nitriles is 1. The fourth-order valence-electron chi connectivity index (χ4n) is 0.599. The van der Waals surface area contributed by atoms with Crippen LogP contribution < -0.4 is 5.30 Å². The topological polar surface area (TPSA) is 23.8 Å². The van der Waals surface area contributed by atoms with Gasteiger partial charge in [0.1, 0.15) is 0 Å². The van der Waals surface area contributed by atoms with Crippen LogP contribution in [0.5, 0.6) is 0 Å². The van der Waals surface area contributed by atoms with E-state index < -0.39 is 0 Å². The Bertz CT molecular complexity index is 249. The molecule has 1 atom stereocenters. The third-order valence-electron chi connectivity index (χ3n) is 1.08. The zero-order valence-electron chi connectivity index (χ0n) is 4.83. The van der Waals surface area contributed by atoms with Crippen LogP contribution in [0.25, 0.3) is 0 Å². The van der Waals surface area contributed by atoms with Crippen LogP contribution in [0.3, 0.4) is 0 Å². The van der Waals surface area contributed by atoms with Crippen molar-refractivity contribution in [3.8, 4) is 6.07 Å². The molecule has 0 saturated carbocycles. The van der Waals surface area contributed by atoms with Gasteiger partial charge in [0.15, 0.2) is 0 Å². The standard InChI is InChI=1S/C7H6NP/c8-5-6-3-1-2-4-7(6)9/h1-4H,9H2. The van der Waals surface area contributed by atoms with Gasteiger partial charge in [0.25, 0.3) is 0 Å². The van der Waals surface area contributed by atoms with Gasteiger partial charge in [-0.25, -0.2) is 0 Å². The van der Waals surface area contributed by atoms with E-state index in [1.807, 2.05) is 18.2 Å². The Morgan fingerprint density at radius 2 is 2.00 bits per heavy atom. The Kier molecular flexibility index (Phi) is 1.82. The lowest BCUT2D eigenvalue weighted by Gasteiger charge is -1.90. The molecule has 0 saturated heterocycles. The van der Waals surface area contributed by atoms with E-state index >= 15 is 0 Å². The molecule has 0 radical (unpaired) electrons. The first-order valence-electron chi connectivity index (χ1n) is 2.59. The monoisotopic (exact) mass is 135 g/mol. The maximum atomic E-state index is 8.46. The molecule has 44 valence electrons. The maximum Gasteiger partial charge on any atom is 0.0998 e. The minimum atomic E-state index is 0.725. The van der Waals surface area contributed by atoms with Crippen LogP contribution in [0.2, 0.25) is 0 Å². The zero-order valence-corrected chi connectivity index (χ0v) is 5.99. The van der Waals surface area contributed by atoms with Gasteiger partial charge in [-0.15, -0.1) is 9.24 Å². The van der Waals surface area contributed by atoms with Crippen molar-refractivity contribution in [1.82, 2.24) is 0 Å². The average molecular weight is 135 g/mol. The highest BCUT2D eigenvalue weighted by Gasteiger charge is 1.90. The lowest BCUT2D eigenvalue weighted by molar-refractivity contribution is 1.50. The summed E-state index contributed by atoms with van der Waals surface area (Å²) in [5.41, 5.74) is 0.725. The second-order valence-electron chi connectivity index (χ2n) is 1.70. The minimum Gasteiger partial charge on any atom is -0.192 e. The summed E-state index contributed by atoms with van der Waals surface area (Å²) < 4.78 is 0. The van der Waals surface area contributed by atoms with Gasteiger partial charge in [-0.05, 0) is 11.4 Å². The fraction of sp³-hybridized carbons (Fsp3) is 0. The highest BCUT2D eigenvalue weighted by molar-refractivity contribution is 7.27. The van der Waals surface area contributed by atoms with Crippen molar-refractivity contribution in [3.05, 3.63) is 29.8 Å². The van der Waals surface area contributed by atoms with Crippen molar-refractivity contribution >= 4 is 14.5 Å². The molecular formula is C7H6NP. The van der Waals surface area contributed by atoms with Crippen LogP contribution in [-0.4, -0.2) is 0 Å². The first kappa shape index (κ1) is 6.26. The third-order valence-corrected chi connectivity index (χ3v) is 1.58. The summed E-state index contributed by atoms with van der Waals surface area (Å²) in [7, 11) is 2.51. The quantitative estimate of drug-likeness (QED) is 0.488. The molecule has 0 aliphatic carbocycles. The SMILES string of the molecule is N#Cc1ccccc1P. The highest BCUT2D eigenvalue weighted by Crippen LogP contribution is 1.96. The Morgan fingerprint density at radius 3 is 2.44 bits per heavy atom. The van der Waals surface area contributed by atoms with E-state index in [-0.39, 0.29) is 0 Å². The summed E-state index contributed by atoms with van der Waals surface area (Å²) >= 11 is 0. The molecule has 0 spiro atoms. The molecule has 1 aromatic carbocycles. The van der Waals surface area contributed by atoms with Crippen molar-refractivity contribution in [1.29, 1.82) is 5.26 Å². The molecule has 0 fully saturated rings. The van der Waals surface area contributed by atoms with Gasteiger partial charge in [0.2, 0.25) is 0 Å². The van der Waals surface area contributed by atoms with Gasteiger partial charge in [0.05, 0.1) is 11.6 Å². The number of nitrogens with zero attached hydrogens (tertiary/aromatic N) is 1.